The summed E-state index contributed by atoms with van der Waals surface area (Å²) in [6, 6.07) is 15.8. The lowest BCUT2D eigenvalue weighted by atomic mass is 9.96. The SMILES string of the molecule is O=C1Nc2ccccc2[C@@]12NCc1ccccc1N2. The molecule has 1 amide bonds. The van der Waals surface area contributed by atoms with Gasteiger partial charge in [0.25, 0.3) is 5.91 Å². The Labute approximate surface area is 110 Å². The molecule has 0 bridgehead atoms. The Balaban J connectivity index is 1.87. The monoisotopic (exact) mass is 251 g/mol. The highest BCUT2D eigenvalue weighted by molar-refractivity contribution is 6.07. The Morgan fingerprint density at radius 2 is 1.68 bits per heavy atom. The van der Waals surface area contributed by atoms with Crippen LogP contribution in [0.2, 0.25) is 0 Å². The van der Waals surface area contributed by atoms with E-state index in [1.807, 2.05) is 42.5 Å². The normalized spacial score (nSPS) is 23.5. The minimum atomic E-state index is -0.842. The molecule has 0 saturated heterocycles. The second-order valence-corrected chi connectivity index (χ2v) is 4.89. The molecule has 4 rings (SSSR count). The molecule has 0 aromatic heterocycles. The smallest absolute Gasteiger partial charge is 0.270 e. The number of anilines is 2. The van der Waals surface area contributed by atoms with Crippen LogP contribution in [0.3, 0.4) is 0 Å². The van der Waals surface area contributed by atoms with E-state index in [4.69, 9.17) is 0 Å². The average Bonchev–Trinajstić information content (AvgIpc) is 2.72. The molecule has 2 aliphatic rings. The van der Waals surface area contributed by atoms with Crippen molar-refractivity contribution in [3.05, 3.63) is 59.7 Å². The van der Waals surface area contributed by atoms with Gasteiger partial charge in [0.05, 0.1) is 0 Å². The van der Waals surface area contributed by atoms with Gasteiger partial charge in [-0.2, -0.15) is 0 Å². The lowest BCUT2D eigenvalue weighted by Gasteiger charge is -2.36. The fourth-order valence-electron chi connectivity index (χ4n) is 2.83. The Morgan fingerprint density at radius 3 is 2.58 bits per heavy atom. The highest BCUT2D eigenvalue weighted by atomic mass is 16.2. The van der Waals surface area contributed by atoms with E-state index < -0.39 is 5.66 Å². The maximum absolute atomic E-state index is 12.4. The number of nitrogens with one attached hydrogen (secondary N) is 3. The third kappa shape index (κ3) is 1.34. The summed E-state index contributed by atoms with van der Waals surface area (Å²) in [5, 5.41) is 9.61. The van der Waals surface area contributed by atoms with Gasteiger partial charge in [0.2, 0.25) is 0 Å². The lowest BCUT2D eigenvalue weighted by molar-refractivity contribution is -0.121. The highest BCUT2D eigenvalue weighted by Gasteiger charge is 2.48. The topological polar surface area (TPSA) is 53.2 Å². The molecule has 2 heterocycles. The van der Waals surface area contributed by atoms with Crippen LogP contribution in [0.1, 0.15) is 11.1 Å². The van der Waals surface area contributed by atoms with E-state index >= 15 is 0 Å². The van der Waals surface area contributed by atoms with Crippen molar-refractivity contribution in [2.45, 2.75) is 12.2 Å². The highest BCUT2D eigenvalue weighted by Crippen LogP contribution is 2.39. The zero-order valence-electron chi connectivity index (χ0n) is 10.2. The van der Waals surface area contributed by atoms with Gasteiger partial charge in [-0.05, 0) is 17.7 Å². The lowest BCUT2D eigenvalue weighted by Crippen LogP contribution is -2.56. The summed E-state index contributed by atoms with van der Waals surface area (Å²) >= 11 is 0. The molecule has 2 aliphatic heterocycles. The number of hydrogen-bond acceptors (Lipinski definition) is 3. The molecule has 2 aromatic rings. The Bertz CT molecular complexity index is 683. The number of carbonyl (C=O) groups excluding carboxylic acids is 1. The van der Waals surface area contributed by atoms with Gasteiger partial charge in [-0.1, -0.05) is 36.4 Å². The van der Waals surface area contributed by atoms with Crippen molar-refractivity contribution in [3.63, 3.8) is 0 Å². The summed E-state index contributed by atoms with van der Waals surface area (Å²) in [5.41, 5.74) is 3.16. The Hall–Kier alpha value is -2.33. The van der Waals surface area contributed by atoms with Gasteiger partial charge in [0, 0.05) is 23.5 Å². The molecule has 3 N–H and O–H groups in total. The zero-order valence-corrected chi connectivity index (χ0v) is 10.2. The summed E-state index contributed by atoms with van der Waals surface area (Å²) in [5.74, 6) is -0.0526. The second kappa shape index (κ2) is 3.59. The number of amides is 1. The van der Waals surface area contributed by atoms with Crippen molar-refractivity contribution >= 4 is 17.3 Å². The van der Waals surface area contributed by atoms with Gasteiger partial charge in [0.15, 0.2) is 5.66 Å². The van der Waals surface area contributed by atoms with Crippen LogP contribution in [0.25, 0.3) is 0 Å². The maximum Gasteiger partial charge on any atom is 0.270 e. The first-order valence-electron chi connectivity index (χ1n) is 6.32. The van der Waals surface area contributed by atoms with Crippen molar-refractivity contribution in [1.82, 2.24) is 5.32 Å². The molecule has 4 nitrogen and oxygen atoms in total. The number of rotatable bonds is 0. The fourth-order valence-corrected chi connectivity index (χ4v) is 2.83. The van der Waals surface area contributed by atoms with Crippen molar-refractivity contribution in [3.8, 4) is 0 Å². The molecular weight excluding hydrogens is 238 g/mol. The predicted octanol–water partition coefficient (Wildman–Crippen LogP) is 2.01. The number of fused-ring (bicyclic) bond motifs is 3. The summed E-state index contributed by atoms with van der Waals surface area (Å²) in [4.78, 5) is 12.4. The van der Waals surface area contributed by atoms with Crippen LogP contribution in [0.15, 0.2) is 48.5 Å². The maximum atomic E-state index is 12.4. The largest absolute Gasteiger partial charge is 0.355 e. The summed E-state index contributed by atoms with van der Waals surface area (Å²) < 4.78 is 0. The van der Waals surface area contributed by atoms with Crippen LogP contribution in [-0.4, -0.2) is 5.91 Å². The van der Waals surface area contributed by atoms with Crippen LogP contribution in [0.4, 0.5) is 11.4 Å². The van der Waals surface area contributed by atoms with E-state index in [0.717, 1.165) is 16.9 Å². The molecule has 0 unspecified atom stereocenters. The zero-order chi connectivity index (χ0) is 12.9. The van der Waals surface area contributed by atoms with E-state index in [2.05, 4.69) is 22.0 Å². The Morgan fingerprint density at radius 1 is 0.947 bits per heavy atom. The molecule has 4 heteroatoms. The quantitative estimate of drug-likeness (QED) is 0.671. The summed E-state index contributed by atoms with van der Waals surface area (Å²) in [7, 11) is 0. The third-order valence-electron chi connectivity index (χ3n) is 3.80. The molecule has 2 aromatic carbocycles. The Kier molecular flexibility index (Phi) is 2.00. The van der Waals surface area contributed by atoms with Gasteiger partial charge >= 0.3 is 0 Å². The van der Waals surface area contributed by atoms with E-state index in [1.54, 1.807) is 0 Å². The number of benzene rings is 2. The molecule has 1 spiro atoms. The minimum Gasteiger partial charge on any atom is -0.355 e. The minimum absolute atomic E-state index is 0.0526. The van der Waals surface area contributed by atoms with Gasteiger partial charge < -0.3 is 10.6 Å². The first kappa shape index (κ1) is 10.6. The molecular formula is C15H13N3O. The molecule has 1 atom stereocenters. The van der Waals surface area contributed by atoms with Crippen LogP contribution in [0.5, 0.6) is 0 Å². The molecule has 19 heavy (non-hydrogen) atoms. The van der Waals surface area contributed by atoms with Crippen LogP contribution < -0.4 is 16.0 Å². The molecule has 0 radical (unpaired) electrons. The molecule has 94 valence electrons. The van der Waals surface area contributed by atoms with E-state index in [-0.39, 0.29) is 5.91 Å². The first-order valence-corrected chi connectivity index (χ1v) is 6.32. The number of para-hydroxylation sites is 2. The van der Waals surface area contributed by atoms with Crippen LogP contribution in [0, 0.1) is 0 Å². The van der Waals surface area contributed by atoms with Crippen molar-refractivity contribution in [2.75, 3.05) is 10.6 Å². The van der Waals surface area contributed by atoms with E-state index in [0.29, 0.717) is 6.54 Å². The van der Waals surface area contributed by atoms with Crippen molar-refractivity contribution < 1.29 is 4.79 Å². The number of hydrogen-bond donors (Lipinski definition) is 3. The second-order valence-electron chi connectivity index (χ2n) is 4.89. The fraction of sp³-hybridized carbons (Fsp3) is 0.133. The molecule has 0 aliphatic carbocycles. The van der Waals surface area contributed by atoms with Crippen molar-refractivity contribution in [1.29, 1.82) is 0 Å². The van der Waals surface area contributed by atoms with E-state index in [9.17, 15) is 4.79 Å². The summed E-state index contributed by atoms with van der Waals surface area (Å²) in [6.07, 6.45) is 0. The van der Waals surface area contributed by atoms with Gasteiger partial charge in [-0.15, -0.1) is 0 Å². The van der Waals surface area contributed by atoms with Crippen LogP contribution in [-0.2, 0) is 17.0 Å². The predicted molar refractivity (Wildman–Crippen MR) is 73.7 cm³/mol. The van der Waals surface area contributed by atoms with Gasteiger partial charge in [-0.3, -0.25) is 10.1 Å². The van der Waals surface area contributed by atoms with Crippen LogP contribution >= 0.6 is 0 Å². The number of carbonyl (C=O) groups is 1. The van der Waals surface area contributed by atoms with Crippen molar-refractivity contribution in [2.24, 2.45) is 0 Å². The molecule has 0 saturated carbocycles. The standard InChI is InChI=1S/C15H13N3O/c19-14-15(11-6-2-4-8-13(11)17-14)16-9-10-5-1-3-7-12(10)18-15/h1-8,16,18H,9H2,(H,17,19)/t15-/m0/s1. The average molecular weight is 251 g/mol. The van der Waals surface area contributed by atoms with Gasteiger partial charge in [-0.25, -0.2) is 0 Å². The molecule has 0 fully saturated rings. The summed E-state index contributed by atoms with van der Waals surface area (Å²) in [6.45, 7) is 0.672. The third-order valence-corrected chi connectivity index (χ3v) is 3.80. The van der Waals surface area contributed by atoms with E-state index in [1.165, 1.54) is 5.56 Å². The first-order chi connectivity index (χ1) is 9.29. The van der Waals surface area contributed by atoms with Gasteiger partial charge in [0.1, 0.15) is 0 Å².